The Morgan fingerprint density at radius 2 is 1.10 bits per heavy atom. The van der Waals surface area contributed by atoms with Gasteiger partial charge in [0.05, 0.1) is 152 Å². The van der Waals surface area contributed by atoms with Gasteiger partial charge in [0, 0.05) is 51.8 Å². The van der Waals surface area contributed by atoms with E-state index in [-0.39, 0.29) is 48.2 Å². The van der Waals surface area contributed by atoms with Gasteiger partial charge in [0.1, 0.15) is 6.10 Å². The molecule has 0 bridgehead atoms. The molecular weight excluding hydrogens is 1070 g/mol. The third kappa shape index (κ3) is 28.2. The van der Waals surface area contributed by atoms with Gasteiger partial charge in [0.25, 0.3) is 11.8 Å². The van der Waals surface area contributed by atoms with Crippen LogP contribution in [-0.2, 0) is 80.8 Å². The van der Waals surface area contributed by atoms with Gasteiger partial charge in [-0.25, -0.2) is 0 Å². The van der Waals surface area contributed by atoms with E-state index in [4.69, 9.17) is 61.6 Å². The third-order valence-corrected chi connectivity index (χ3v) is 17.4. The number of carbonyl (C=O) groups is 4. The monoisotopic (exact) mass is 1180 g/mol. The summed E-state index contributed by atoms with van der Waals surface area (Å²) in [7, 11) is 1.64. The van der Waals surface area contributed by atoms with E-state index in [2.05, 4.69) is 52.9 Å². The maximum atomic E-state index is 12.6. The fourth-order valence-electron chi connectivity index (χ4n) is 13.0. The molecule has 8 unspecified atom stereocenters. The lowest BCUT2D eigenvalue weighted by molar-refractivity contribution is -0.153. The standard InChI is InChI=1S/C39H68O6.C25H44N2O11/c1-7-20-41-22-24-43-26-27-44-25-23-42-21-17-37(40)45-32-15-18-38(5)31(28-32)11-12-33-35-14-13-34(30(4)10-8-9-29(2)3)39(35,6)19-16-36(33)38;1-31-9-10-33-13-14-35-17-18-37-21-22-38-20-19-36-16-15-34-12-11-32-8-6-26-23(28)3-2-7-27-24(29)4-5-25(27)30/h11,29-30,32-36H,7-10,12-28H2,1-6H3;4-5H,2-3,6-22H2,1H3,(H,26,28). The number of hydrogen-bond acceptors (Lipinski definition) is 17. The Kier molecular flexibility index (Phi) is 38.2. The molecule has 3 saturated carbocycles. The molecule has 3 amide bonds. The predicted molar refractivity (Wildman–Crippen MR) is 317 cm³/mol. The molecule has 1 aliphatic heterocycles. The number of nitrogens with zero attached hydrogens (tertiary/aromatic N) is 1. The summed E-state index contributed by atoms with van der Waals surface area (Å²) in [5, 5.41) is 2.73. The first-order chi connectivity index (χ1) is 40.3. The fraction of sp³-hybridized carbons (Fsp3) is 0.875. The third-order valence-electron chi connectivity index (χ3n) is 17.4. The lowest BCUT2D eigenvalue weighted by Gasteiger charge is -2.58. The quantitative estimate of drug-likeness (QED) is 0.0263. The van der Waals surface area contributed by atoms with Gasteiger partial charge in [0.2, 0.25) is 5.91 Å². The van der Waals surface area contributed by atoms with Crippen LogP contribution in [0.3, 0.4) is 0 Å². The highest BCUT2D eigenvalue weighted by Gasteiger charge is 2.59. The van der Waals surface area contributed by atoms with Crippen molar-refractivity contribution in [2.24, 2.45) is 46.3 Å². The SMILES string of the molecule is CCCOCCOCCOCCOCCC(=O)OC1CCC2(C)C(=CCC3C2CCC2(C)C(C(C)CCCC(C)C)CCC32)C1.COCCOCCOCCOCCOCCOCCOCCOCCNC(=O)CCCN1C(=O)C=CC1=O. The lowest BCUT2D eigenvalue weighted by Crippen LogP contribution is -2.51. The molecule has 19 nitrogen and oxygen atoms in total. The molecular formula is C64H112N2O17. The van der Waals surface area contributed by atoms with E-state index in [0.717, 1.165) is 72.7 Å². The largest absolute Gasteiger partial charge is 0.462 e. The molecule has 5 rings (SSSR count). The fourth-order valence-corrected chi connectivity index (χ4v) is 13.0. The number of allylic oxidation sites excluding steroid dienone is 1. The molecule has 0 aromatic carbocycles. The van der Waals surface area contributed by atoms with Crippen molar-refractivity contribution in [2.45, 2.75) is 144 Å². The summed E-state index contributed by atoms with van der Waals surface area (Å²) in [5.74, 6) is 4.15. The van der Waals surface area contributed by atoms with Gasteiger partial charge >= 0.3 is 5.97 Å². The zero-order valence-corrected chi connectivity index (χ0v) is 52.4. The number of amides is 3. The maximum Gasteiger partial charge on any atom is 0.308 e. The van der Waals surface area contributed by atoms with Gasteiger partial charge in [0.15, 0.2) is 0 Å². The minimum absolute atomic E-state index is 0.0143. The van der Waals surface area contributed by atoms with Crippen LogP contribution in [0.4, 0.5) is 0 Å². The second-order valence-electron chi connectivity index (χ2n) is 23.7. The van der Waals surface area contributed by atoms with E-state index < -0.39 is 0 Å². The number of nitrogens with one attached hydrogen (secondary N) is 1. The first-order valence-corrected chi connectivity index (χ1v) is 31.9. The summed E-state index contributed by atoms with van der Waals surface area (Å²) in [6, 6.07) is 0. The normalized spacial score (nSPS) is 24.1. The molecule has 0 spiro atoms. The number of imide groups is 1. The average molecular weight is 1180 g/mol. The van der Waals surface area contributed by atoms with Crippen LogP contribution >= 0.6 is 0 Å². The topological polar surface area (TPSA) is 204 Å². The maximum absolute atomic E-state index is 12.6. The van der Waals surface area contributed by atoms with Crippen LogP contribution in [0.25, 0.3) is 0 Å². The van der Waals surface area contributed by atoms with E-state index in [1.807, 2.05) is 0 Å². The second-order valence-corrected chi connectivity index (χ2v) is 23.7. The van der Waals surface area contributed by atoms with Crippen LogP contribution in [0.2, 0.25) is 0 Å². The average Bonchev–Trinajstić information content (AvgIpc) is 2.42. The van der Waals surface area contributed by atoms with Crippen molar-refractivity contribution >= 4 is 23.7 Å². The van der Waals surface area contributed by atoms with Crippen LogP contribution in [-0.4, -0.2) is 207 Å². The molecule has 0 radical (unpaired) electrons. The highest BCUT2D eigenvalue weighted by atomic mass is 16.6. The molecule has 8 atom stereocenters. The zero-order valence-electron chi connectivity index (χ0n) is 52.4. The zero-order chi connectivity index (χ0) is 59.8. The second kappa shape index (κ2) is 43.7. The highest BCUT2D eigenvalue weighted by molar-refractivity contribution is 6.12. The van der Waals surface area contributed by atoms with Crippen LogP contribution < -0.4 is 5.32 Å². The Balaban J connectivity index is 0.000000363. The van der Waals surface area contributed by atoms with Crippen molar-refractivity contribution in [3.05, 3.63) is 23.8 Å². The van der Waals surface area contributed by atoms with E-state index in [0.29, 0.717) is 170 Å². The van der Waals surface area contributed by atoms with E-state index in [1.54, 1.807) is 12.7 Å². The summed E-state index contributed by atoms with van der Waals surface area (Å²) in [6.45, 7) is 27.1. The van der Waals surface area contributed by atoms with Gasteiger partial charge < -0.3 is 66.9 Å². The van der Waals surface area contributed by atoms with Crippen LogP contribution in [0.1, 0.15) is 138 Å². The number of carbonyl (C=O) groups excluding carboxylic acids is 4. The van der Waals surface area contributed by atoms with Crippen molar-refractivity contribution in [2.75, 3.05) is 172 Å². The molecule has 480 valence electrons. The van der Waals surface area contributed by atoms with Gasteiger partial charge in [-0.05, 0) is 104 Å². The summed E-state index contributed by atoms with van der Waals surface area (Å²) in [6.07, 6.45) is 21.2. The number of hydrogen-bond donors (Lipinski definition) is 1. The Morgan fingerprint density at radius 3 is 1.61 bits per heavy atom. The summed E-state index contributed by atoms with van der Waals surface area (Å²) < 4.78 is 70.6. The summed E-state index contributed by atoms with van der Waals surface area (Å²) in [5.41, 5.74) is 2.39. The van der Waals surface area contributed by atoms with Crippen LogP contribution in [0, 0.1) is 46.3 Å². The van der Waals surface area contributed by atoms with Crippen molar-refractivity contribution in [1.82, 2.24) is 10.2 Å². The van der Waals surface area contributed by atoms with Crippen molar-refractivity contribution < 1.29 is 80.8 Å². The summed E-state index contributed by atoms with van der Waals surface area (Å²) in [4.78, 5) is 48.4. The number of methoxy groups -OCH3 is 1. The number of ether oxygens (including phenoxy) is 13. The van der Waals surface area contributed by atoms with Gasteiger partial charge in [-0.2, -0.15) is 0 Å². The van der Waals surface area contributed by atoms with E-state index in [9.17, 15) is 19.2 Å². The Hall–Kier alpha value is -2.92. The molecule has 83 heavy (non-hydrogen) atoms. The lowest BCUT2D eigenvalue weighted by atomic mass is 9.47. The highest BCUT2D eigenvalue weighted by Crippen LogP contribution is 2.67. The molecule has 0 saturated heterocycles. The first-order valence-electron chi connectivity index (χ1n) is 31.9. The van der Waals surface area contributed by atoms with Crippen molar-refractivity contribution in [3.63, 3.8) is 0 Å². The Labute approximate surface area is 499 Å². The molecule has 4 aliphatic carbocycles. The van der Waals surface area contributed by atoms with Crippen LogP contribution in [0.15, 0.2) is 23.8 Å². The Bertz CT molecular complexity index is 1800. The minimum atomic E-state index is -0.335. The van der Waals surface area contributed by atoms with Gasteiger partial charge in [-0.15, -0.1) is 0 Å². The Morgan fingerprint density at radius 1 is 0.590 bits per heavy atom. The molecule has 0 aromatic rings. The molecule has 1 N–H and O–H groups in total. The smallest absolute Gasteiger partial charge is 0.308 e. The van der Waals surface area contributed by atoms with Gasteiger partial charge in [-0.1, -0.05) is 72.5 Å². The molecule has 3 fully saturated rings. The van der Waals surface area contributed by atoms with Crippen LogP contribution in [0.5, 0.6) is 0 Å². The predicted octanol–water partition coefficient (Wildman–Crippen LogP) is 8.38. The van der Waals surface area contributed by atoms with E-state index >= 15 is 0 Å². The minimum Gasteiger partial charge on any atom is -0.462 e. The van der Waals surface area contributed by atoms with Crippen molar-refractivity contribution in [1.29, 1.82) is 0 Å². The van der Waals surface area contributed by atoms with E-state index in [1.165, 1.54) is 63.5 Å². The number of esters is 1. The molecule has 5 aliphatic rings. The molecule has 19 heteroatoms. The molecule has 1 heterocycles. The first kappa shape index (κ1) is 72.6. The van der Waals surface area contributed by atoms with Gasteiger partial charge in [-0.3, -0.25) is 24.1 Å². The summed E-state index contributed by atoms with van der Waals surface area (Å²) >= 11 is 0. The molecule has 0 aromatic heterocycles. The number of rotatable bonds is 48. The van der Waals surface area contributed by atoms with Crippen molar-refractivity contribution in [3.8, 4) is 0 Å². The number of fused-ring (bicyclic) bond motifs is 5.